The van der Waals surface area contributed by atoms with Crippen LogP contribution < -0.4 is 4.74 Å². The van der Waals surface area contributed by atoms with Gasteiger partial charge in [0.15, 0.2) is 11.6 Å². The van der Waals surface area contributed by atoms with Crippen LogP contribution in [-0.2, 0) is 22.4 Å². The number of halogens is 1. The molecule has 6 heteroatoms. The minimum absolute atomic E-state index is 0.130. The topological polar surface area (TPSA) is 51.1 Å². The standard InChI is InChI=1S/C32H33FN2O3/c1-7-22-18-25-14-12-24(13-15-26(25)19-23(22)8-2)30(31(36)35-16-17-38-20-32(35,4)5)34-21(3)27-10-9-11-28(37-6)29(27)33/h1-2,9-11,18-19H,12-17,20H2,3-6H3. The van der Waals surface area contributed by atoms with Gasteiger partial charge in [-0.1, -0.05) is 17.9 Å². The predicted octanol–water partition coefficient (Wildman–Crippen LogP) is 5.08. The number of morpholine rings is 1. The lowest BCUT2D eigenvalue weighted by Gasteiger charge is -2.42. The predicted molar refractivity (Wildman–Crippen MR) is 148 cm³/mol. The molecule has 38 heavy (non-hydrogen) atoms. The molecule has 2 aromatic rings. The van der Waals surface area contributed by atoms with Crippen LogP contribution in [0.3, 0.4) is 0 Å². The normalized spacial score (nSPS) is 17.1. The van der Waals surface area contributed by atoms with Crippen LogP contribution in [0, 0.1) is 30.5 Å². The van der Waals surface area contributed by atoms with Gasteiger partial charge in [-0.2, -0.15) is 0 Å². The Kier molecular flexibility index (Phi) is 8.05. The van der Waals surface area contributed by atoms with Crippen LogP contribution in [0.25, 0.3) is 0 Å². The second-order valence-electron chi connectivity index (χ2n) is 10.2. The van der Waals surface area contributed by atoms with Crippen LogP contribution in [0.5, 0.6) is 5.75 Å². The van der Waals surface area contributed by atoms with E-state index in [1.54, 1.807) is 25.1 Å². The summed E-state index contributed by atoms with van der Waals surface area (Å²) in [5, 5.41) is 0. The number of aliphatic imine (C=N–C) groups is 1. The summed E-state index contributed by atoms with van der Waals surface area (Å²) in [6.45, 7) is 7.04. The molecule has 1 aliphatic heterocycles. The van der Waals surface area contributed by atoms with Crippen molar-refractivity contribution < 1.29 is 18.7 Å². The number of carbonyl (C=O) groups is 1. The Morgan fingerprint density at radius 3 is 2.29 bits per heavy atom. The number of nitrogens with zero attached hydrogens (tertiary/aromatic N) is 2. The van der Waals surface area contributed by atoms with Gasteiger partial charge in [0.05, 0.1) is 25.9 Å². The Hall–Kier alpha value is -3.87. The number of aryl methyl sites for hydroxylation is 2. The van der Waals surface area contributed by atoms with E-state index in [1.165, 1.54) is 7.11 Å². The van der Waals surface area contributed by atoms with E-state index >= 15 is 4.39 Å². The second kappa shape index (κ2) is 11.3. The molecule has 0 aromatic heterocycles. The number of terminal acetylenes is 2. The van der Waals surface area contributed by atoms with E-state index in [0.29, 0.717) is 73.5 Å². The summed E-state index contributed by atoms with van der Waals surface area (Å²) in [6.07, 6.45) is 14.1. The van der Waals surface area contributed by atoms with Gasteiger partial charge >= 0.3 is 0 Å². The van der Waals surface area contributed by atoms with Gasteiger partial charge in [-0.25, -0.2) is 9.38 Å². The highest BCUT2D eigenvalue weighted by Crippen LogP contribution is 2.32. The molecule has 196 valence electrons. The van der Waals surface area contributed by atoms with Crippen molar-refractivity contribution in [2.75, 3.05) is 26.9 Å². The molecular weight excluding hydrogens is 479 g/mol. The number of benzene rings is 2. The zero-order valence-corrected chi connectivity index (χ0v) is 22.5. The van der Waals surface area contributed by atoms with Crippen molar-refractivity contribution in [1.29, 1.82) is 0 Å². The van der Waals surface area contributed by atoms with E-state index in [0.717, 1.165) is 16.7 Å². The Labute approximate surface area is 224 Å². The number of rotatable bonds is 4. The maximum absolute atomic E-state index is 15.1. The van der Waals surface area contributed by atoms with E-state index in [4.69, 9.17) is 27.3 Å². The van der Waals surface area contributed by atoms with Gasteiger partial charge in [0.1, 0.15) is 5.70 Å². The lowest BCUT2D eigenvalue weighted by molar-refractivity contribution is -0.142. The largest absolute Gasteiger partial charge is 0.494 e. The molecule has 1 aliphatic carbocycles. The minimum atomic E-state index is -0.503. The molecule has 1 saturated heterocycles. The zero-order valence-electron chi connectivity index (χ0n) is 22.5. The molecule has 1 fully saturated rings. The minimum Gasteiger partial charge on any atom is -0.494 e. The number of hydrogen-bond acceptors (Lipinski definition) is 4. The number of carbonyl (C=O) groups excluding carboxylic acids is 1. The molecule has 0 spiro atoms. The van der Waals surface area contributed by atoms with Gasteiger partial charge in [-0.3, -0.25) is 4.79 Å². The van der Waals surface area contributed by atoms with Crippen molar-refractivity contribution in [2.24, 2.45) is 4.99 Å². The fraction of sp³-hybridized carbons (Fsp3) is 0.375. The van der Waals surface area contributed by atoms with Gasteiger partial charge in [-0.15, -0.1) is 12.8 Å². The van der Waals surface area contributed by atoms with Gasteiger partial charge in [-0.05, 0) is 87.4 Å². The molecule has 1 amide bonds. The third kappa shape index (κ3) is 5.37. The molecule has 0 radical (unpaired) electrons. The first-order valence-corrected chi connectivity index (χ1v) is 12.8. The molecule has 4 rings (SSSR count). The summed E-state index contributed by atoms with van der Waals surface area (Å²) in [4.78, 5) is 20.8. The molecule has 0 atom stereocenters. The maximum atomic E-state index is 15.1. The van der Waals surface area contributed by atoms with Crippen molar-refractivity contribution in [1.82, 2.24) is 4.90 Å². The van der Waals surface area contributed by atoms with Crippen molar-refractivity contribution >= 4 is 11.6 Å². The van der Waals surface area contributed by atoms with E-state index in [9.17, 15) is 4.79 Å². The summed E-state index contributed by atoms with van der Waals surface area (Å²) in [5.74, 6) is 4.83. The number of hydrogen-bond donors (Lipinski definition) is 0. The summed E-state index contributed by atoms with van der Waals surface area (Å²) in [7, 11) is 1.42. The Morgan fingerprint density at radius 1 is 1.11 bits per heavy atom. The number of amides is 1. The molecule has 1 heterocycles. The van der Waals surface area contributed by atoms with E-state index < -0.39 is 11.4 Å². The lowest BCUT2D eigenvalue weighted by Crippen LogP contribution is -2.56. The first-order valence-electron chi connectivity index (χ1n) is 12.8. The summed E-state index contributed by atoms with van der Waals surface area (Å²) < 4.78 is 25.9. The van der Waals surface area contributed by atoms with Crippen LogP contribution in [0.15, 0.2) is 46.6 Å². The van der Waals surface area contributed by atoms with E-state index in [1.807, 2.05) is 30.9 Å². The summed E-state index contributed by atoms with van der Waals surface area (Å²) >= 11 is 0. The Bertz CT molecular complexity index is 1360. The van der Waals surface area contributed by atoms with Crippen molar-refractivity contribution in [3.63, 3.8) is 0 Å². The molecule has 0 bridgehead atoms. The monoisotopic (exact) mass is 512 g/mol. The Balaban J connectivity index is 1.81. The van der Waals surface area contributed by atoms with Crippen LogP contribution >= 0.6 is 0 Å². The number of ether oxygens (including phenoxy) is 2. The Morgan fingerprint density at radius 2 is 1.74 bits per heavy atom. The molecule has 0 saturated carbocycles. The van der Waals surface area contributed by atoms with E-state index in [2.05, 4.69) is 11.8 Å². The number of allylic oxidation sites excluding steroid dienone is 1. The van der Waals surface area contributed by atoms with E-state index in [-0.39, 0.29) is 11.7 Å². The second-order valence-corrected chi connectivity index (χ2v) is 10.2. The highest BCUT2D eigenvalue weighted by atomic mass is 19.1. The van der Waals surface area contributed by atoms with Crippen molar-refractivity contribution in [3.8, 4) is 30.4 Å². The first kappa shape index (κ1) is 27.2. The smallest absolute Gasteiger partial charge is 0.273 e. The summed E-state index contributed by atoms with van der Waals surface area (Å²) in [6, 6.07) is 8.89. The molecule has 0 N–H and O–H groups in total. The maximum Gasteiger partial charge on any atom is 0.273 e. The fourth-order valence-corrected chi connectivity index (χ4v) is 5.14. The first-order chi connectivity index (χ1) is 18.2. The van der Waals surface area contributed by atoms with Gasteiger partial charge in [0, 0.05) is 28.9 Å². The number of methoxy groups -OCH3 is 1. The summed E-state index contributed by atoms with van der Waals surface area (Å²) in [5.41, 5.74) is 5.17. The van der Waals surface area contributed by atoms with Crippen molar-refractivity contribution in [3.05, 3.63) is 75.2 Å². The van der Waals surface area contributed by atoms with Gasteiger partial charge < -0.3 is 14.4 Å². The average Bonchev–Trinajstić information content (AvgIpc) is 3.12. The highest BCUT2D eigenvalue weighted by Gasteiger charge is 2.36. The quantitative estimate of drug-likeness (QED) is 0.249. The third-order valence-electron chi connectivity index (χ3n) is 7.32. The fourth-order valence-electron chi connectivity index (χ4n) is 5.14. The van der Waals surface area contributed by atoms with Gasteiger partial charge in [0.25, 0.3) is 5.91 Å². The zero-order chi connectivity index (χ0) is 27.4. The average molecular weight is 513 g/mol. The molecule has 2 aromatic carbocycles. The molecular formula is C32H33FN2O3. The number of fused-ring (bicyclic) bond motifs is 1. The van der Waals surface area contributed by atoms with Crippen LogP contribution in [0.1, 0.15) is 61.4 Å². The molecule has 0 unspecified atom stereocenters. The van der Waals surface area contributed by atoms with Gasteiger partial charge in [0.2, 0.25) is 0 Å². The molecule has 5 nitrogen and oxygen atoms in total. The van der Waals surface area contributed by atoms with Crippen LogP contribution in [0.4, 0.5) is 4.39 Å². The highest BCUT2D eigenvalue weighted by molar-refractivity contribution is 6.04. The third-order valence-corrected chi connectivity index (χ3v) is 7.32. The molecule has 2 aliphatic rings. The van der Waals surface area contributed by atoms with Crippen LogP contribution in [0.2, 0.25) is 0 Å². The van der Waals surface area contributed by atoms with Crippen LogP contribution in [-0.4, -0.2) is 48.9 Å². The lowest BCUT2D eigenvalue weighted by atomic mass is 9.96. The van der Waals surface area contributed by atoms with Crippen molar-refractivity contribution in [2.45, 2.75) is 52.0 Å². The SMILES string of the molecule is C#Cc1cc2c(cc1C#C)CCC(=C(N=C(C)c1cccc(OC)c1F)C(=O)N1CCOCC1(C)C)CC2.